The van der Waals surface area contributed by atoms with Gasteiger partial charge in [0.25, 0.3) is 0 Å². The van der Waals surface area contributed by atoms with Crippen molar-refractivity contribution in [3.63, 3.8) is 0 Å². The van der Waals surface area contributed by atoms with Crippen LogP contribution in [0.15, 0.2) is 40.7 Å². The van der Waals surface area contributed by atoms with Gasteiger partial charge in [-0.25, -0.2) is 0 Å². The van der Waals surface area contributed by atoms with Crippen LogP contribution in [0.2, 0.25) is 5.02 Å². The highest BCUT2D eigenvalue weighted by atomic mass is 35.5. The van der Waals surface area contributed by atoms with Gasteiger partial charge in [-0.1, -0.05) is 35.5 Å². The first-order valence-corrected chi connectivity index (χ1v) is 11.5. The molecule has 1 aromatic heterocycles. The average molecular weight is 452 g/mol. The van der Waals surface area contributed by atoms with Crippen LogP contribution in [0.4, 0.5) is 5.69 Å². The van der Waals surface area contributed by atoms with Crippen molar-refractivity contribution < 1.29 is 15.0 Å². The number of aliphatic hydroxyl groups excluding tert-OH is 2. The zero-order valence-electron chi connectivity index (χ0n) is 15.7. The summed E-state index contributed by atoms with van der Waals surface area (Å²) in [5, 5.41) is 29.9. The Balaban J connectivity index is 1.46. The lowest BCUT2D eigenvalue weighted by Crippen LogP contribution is -2.53. The number of aliphatic hydroxyl groups is 2. The maximum absolute atomic E-state index is 12.8. The van der Waals surface area contributed by atoms with E-state index in [1.807, 2.05) is 42.6 Å². The fourth-order valence-corrected chi connectivity index (χ4v) is 5.82. The molecule has 0 spiro atoms. The summed E-state index contributed by atoms with van der Waals surface area (Å²) in [7, 11) is 0. The van der Waals surface area contributed by atoms with Crippen molar-refractivity contribution in [2.24, 2.45) is 10.9 Å². The molecule has 5 atom stereocenters. The maximum Gasteiger partial charge on any atom is 0.224 e. The van der Waals surface area contributed by atoms with Gasteiger partial charge in [-0.2, -0.15) is 0 Å². The number of carbonyl (C=O) groups is 1. The second kappa shape index (κ2) is 8.65. The molecule has 0 bridgehead atoms. The van der Waals surface area contributed by atoms with Gasteiger partial charge in [-0.15, -0.1) is 11.3 Å². The molecule has 1 amide bonds. The third-order valence-electron chi connectivity index (χ3n) is 5.26. The molecule has 1 saturated carbocycles. The van der Waals surface area contributed by atoms with Crippen molar-refractivity contribution in [2.75, 3.05) is 5.32 Å². The summed E-state index contributed by atoms with van der Waals surface area (Å²) < 4.78 is 0. The van der Waals surface area contributed by atoms with Crippen LogP contribution < -0.4 is 10.6 Å². The first kappa shape index (κ1) is 20.7. The molecule has 154 valence electrons. The van der Waals surface area contributed by atoms with Crippen molar-refractivity contribution in [1.82, 2.24) is 5.32 Å². The zero-order chi connectivity index (χ0) is 20.5. The number of halogens is 1. The van der Waals surface area contributed by atoms with E-state index in [1.165, 1.54) is 11.8 Å². The van der Waals surface area contributed by atoms with Gasteiger partial charge in [0.1, 0.15) is 6.10 Å². The fourth-order valence-electron chi connectivity index (χ4n) is 3.62. The van der Waals surface area contributed by atoms with Crippen molar-refractivity contribution in [3.8, 4) is 0 Å². The molecule has 4 rings (SSSR count). The van der Waals surface area contributed by atoms with Gasteiger partial charge in [0.05, 0.1) is 24.6 Å². The van der Waals surface area contributed by atoms with Gasteiger partial charge in [0.2, 0.25) is 5.91 Å². The predicted octanol–water partition coefficient (Wildman–Crippen LogP) is 3.02. The molecule has 0 radical (unpaired) electrons. The Bertz CT molecular complexity index is 922. The number of hydrogen-bond donors (Lipinski definition) is 4. The van der Waals surface area contributed by atoms with E-state index in [-0.39, 0.29) is 17.6 Å². The largest absolute Gasteiger partial charge is 0.390 e. The number of amides is 1. The smallest absolute Gasteiger partial charge is 0.224 e. The Morgan fingerprint density at radius 1 is 1.34 bits per heavy atom. The highest BCUT2D eigenvalue weighted by Gasteiger charge is 2.50. The predicted molar refractivity (Wildman–Crippen MR) is 119 cm³/mol. The standard InChI is InChI=1S/C20H22ClN3O3S2/c1-10-4-5-11(7-14(10)21)23-20-24-16-17(26)15(25)8-13(18(16)29-20)19(27)22-9-12-3-2-6-28-12/h2-7,13,15-18,25-26H,8-9H2,1H3,(H,22,27)(H,23,24)/t13-,15+,16+,17-,18+/m0/s1. The van der Waals surface area contributed by atoms with Crippen LogP contribution in [0.3, 0.4) is 0 Å². The van der Waals surface area contributed by atoms with Gasteiger partial charge < -0.3 is 20.8 Å². The number of nitrogens with one attached hydrogen (secondary N) is 2. The molecule has 1 aliphatic heterocycles. The number of rotatable bonds is 4. The molecule has 2 heterocycles. The lowest BCUT2D eigenvalue weighted by molar-refractivity contribution is -0.129. The summed E-state index contributed by atoms with van der Waals surface area (Å²) >= 11 is 9.21. The zero-order valence-corrected chi connectivity index (χ0v) is 18.1. The molecule has 9 heteroatoms. The summed E-state index contributed by atoms with van der Waals surface area (Å²) in [6.45, 7) is 2.39. The summed E-state index contributed by atoms with van der Waals surface area (Å²) in [6.07, 6.45) is -1.76. The second-order valence-electron chi connectivity index (χ2n) is 7.29. The van der Waals surface area contributed by atoms with Crippen molar-refractivity contribution in [1.29, 1.82) is 0 Å². The molecular weight excluding hydrogens is 430 g/mol. The molecular formula is C20H22ClN3O3S2. The second-order valence-corrected chi connectivity index (χ2v) is 9.90. The number of nitrogens with zero attached hydrogens (tertiary/aromatic N) is 1. The number of aliphatic imine (C=N–C) groups is 1. The monoisotopic (exact) mass is 451 g/mol. The third kappa shape index (κ3) is 4.46. The molecule has 1 aliphatic carbocycles. The minimum absolute atomic E-state index is 0.123. The number of anilines is 1. The number of thioether (sulfide) groups is 1. The number of hydrogen-bond acceptors (Lipinski definition) is 7. The molecule has 2 aliphatic rings. The van der Waals surface area contributed by atoms with Gasteiger partial charge in [0, 0.05) is 20.8 Å². The Labute approximate surface area is 182 Å². The van der Waals surface area contributed by atoms with Crippen molar-refractivity contribution in [2.45, 2.75) is 43.4 Å². The van der Waals surface area contributed by atoms with Gasteiger partial charge in [-0.3, -0.25) is 9.79 Å². The quantitative estimate of drug-likeness (QED) is 0.573. The normalized spacial score (nSPS) is 28.6. The van der Waals surface area contributed by atoms with Crippen LogP contribution in [0, 0.1) is 12.8 Å². The molecule has 4 N–H and O–H groups in total. The van der Waals surface area contributed by atoms with Crippen LogP contribution in [-0.2, 0) is 11.3 Å². The molecule has 1 aromatic carbocycles. The van der Waals surface area contributed by atoms with Crippen LogP contribution in [0.5, 0.6) is 0 Å². The van der Waals surface area contributed by atoms with Gasteiger partial charge in [-0.05, 0) is 42.5 Å². The van der Waals surface area contributed by atoms with Crippen LogP contribution in [0.25, 0.3) is 0 Å². The maximum atomic E-state index is 12.8. The molecule has 0 unspecified atom stereocenters. The summed E-state index contributed by atoms with van der Waals surface area (Å²) in [5.41, 5.74) is 1.77. The Kier molecular flexibility index (Phi) is 6.17. The summed E-state index contributed by atoms with van der Waals surface area (Å²) in [6, 6.07) is 9.01. The third-order valence-corrected chi connectivity index (χ3v) is 7.86. The highest BCUT2D eigenvalue weighted by Crippen LogP contribution is 2.41. The first-order valence-electron chi connectivity index (χ1n) is 9.36. The molecule has 0 saturated heterocycles. The van der Waals surface area contributed by atoms with Crippen LogP contribution in [-0.4, -0.2) is 44.8 Å². The lowest BCUT2D eigenvalue weighted by Gasteiger charge is -2.37. The van der Waals surface area contributed by atoms with Gasteiger partial charge >= 0.3 is 0 Å². The van der Waals surface area contributed by atoms with Crippen molar-refractivity contribution >= 4 is 51.5 Å². The SMILES string of the molecule is Cc1ccc(NC2=N[C@@H]3[C@@H](O)[C@H](O)C[C@H](C(=O)NCc4cccs4)[C@H]3S2)cc1Cl. The van der Waals surface area contributed by atoms with Crippen molar-refractivity contribution in [3.05, 3.63) is 51.2 Å². The van der Waals surface area contributed by atoms with E-state index < -0.39 is 24.2 Å². The minimum Gasteiger partial charge on any atom is -0.390 e. The number of thiophene rings is 1. The fraction of sp³-hybridized carbons (Fsp3) is 0.400. The van der Waals surface area contributed by atoms with Crippen LogP contribution in [0.1, 0.15) is 16.9 Å². The van der Waals surface area contributed by atoms with E-state index in [1.54, 1.807) is 11.3 Å². The summed E-state index contributed by atoms with van der Waals surface area (Å²) in [4.78, 5) is 18.5. The molecule has 29 heavy (non-hydrogen) atoms. The van der Waals surface area contributed by atoms with E-state index in [0.29, 0.717) is 16.7 Å². The summed E-state index contributed by atoms with van der Waals surface area (Å²) in [5.74, 6) is -0.560. The molecule has 2 aromatic rings. The van der Waals surface area contributed by atoms with E-state index in [4.69, 9.17) is 11.6 Å². The Morgan fingerprint density at radius 3 is 2.90 bits per heavy atom. The Hall–Kier alpha value is -1.58. The van der Waals surface area contributed by atoms with E-state index >= 15 is 0 Å². The first-order chi connectivity index (χ1) is 13.9. The Morgan fingerprint density at radius 2 is 2.17 bits per heavy atom. The topological polar surface area (TPSA) is 94.0 Å². The molecule has 1 fully saturated rings. The minimum atomic E-state index is -0.991. The number of amidine groups is 1. The van der Waals surface area contributed by atoms with E-state index in [2.05, 4.69) is 15.6 Å². The number of fused-ring (bicyclic) bond motifs is 1. The highest BCUT2D eigenvalue weighted by molar-refractivity contribution is 8.15. The molecule has 6 nitrogen and oxygen atoms in total. The number of aryl methyl sites for hydroxylation is 1. The number of carbonyl (C=O) groups excluding carboxylic acids is 1. The van der Waals surface area contributed by atoms with Gasteiger partial charge in [0.15, 0.2) is 5.17 Å². The van der Waals surface area contributed by atoms with E-state index in [0.717, 1.165) is 16.1 Å². The number of benzene rings is 1. The lowest BCUT2D eigenvalue weighted by atomic mass is 9.81. The van der Waals surface area contributed by atoms with Crippen LogP contribution >= 0.6 is 34.7 Å². The van der Waals surface area contributed by atoms with E-state index in [9.17, 15) is 15.0 Å². The average Bonchev–Trinajstić information content (AvgIpc) is 3.36.